The van der Waals surface area contributed by atoms with E-state index in [9.17, 15) is 4.79 Å². The third-order valence-electron chi connectivity index (χ3n) is 1.80. The summed E-state index contributed by atoms with van der Waals surface area (Å²) in [6.07, 6.45) is 0. The summed E-state index contributed by atoms with van der Waals surface area (Å²) in [7, 11) is 1.48. The SMILES string of the molecule is COc1cc(OCC(=O)O)c(C)cc1Cl. The zero-order valence-corrected chi connectivity index (χ0v) is 9.17. The van der Waals surface area contributed by atoms with Crippen LogP contribution in [0.1, 0.15) is 5.56 Å². The highest BCUT2D eigenvalue weighted by Gasteiger charge is 2.08. The lowest BCUT2D eigenvalue weighted by atomic mass is 10.2. The van der Waals surface area contributed by atoms with Gasteiger partial charge in [0.2, 0.25) is 0 Å². The van der Waals surface area contributed by atoms with E-state index in [4.69, 9.17) is 26.2 Å². The molecule has 0 aliphatic carbocycles. The lowest BCUT2D eigenvalue weighted by molar-refractivity contribution is -0.139. The molecule has 0 atom stereocenters. The van der Waals surface area contributed by atoms with Gasteiger partial charge in [-0.1, -0.05) is 11.6 Å². The smallest absolute Gasteiger partial charge is 0.341 e. The molecule has 0 unspecified atom stereocenters. The van der Waals surface area contributed by atoms with Crippen LogP contribution in [-0.2, 0) is 4.79 Å². The van der Waals surface area contributed by atoms with Crippen LogP contribution < -0.4 is 9.47 Å². The Kier molecular flexibility index (Phi) is 3.80. The zero-order valence-electron chi connectivity index (χ0n) is 8.41. The molecule has 0 heterocycles. The Balaban J connectivity index is 2.92. The minimum atomic E-state index is -1.02. The molecule has 0 amide bonds. The number of carbonyl (C=O) groups is 1. The first-order chi connectivity index (χ1) is 7.04. The van der Waals surface area contributed by atoms with Gasteiger partial charge in [0.25, 0.3) is 0 Å². The number of methoxy groups -OCH3 is 1. The van der Waals surface area contributed by atoms with Crippen LogP contribution in [0.5, 0.6) is 11.5 Å². The van der Waals surface area contributed by atoms with Crippen molar-refractivity contribution in [2.24, 2.45) is 0 Å². The number of aryl methyl sites for hydroxylation is 1. The quantitative estimate of drug-likeness (QED) is 0.861. The van der Waals surface area contributed by atoms with Crippen LogP contribution >= 0.6 is 11.6 Å². The fourth-order valence-corrected chi connectivity index (χ4v) is 1.38. The van der Waals surface area contributed by atoms with E-state index >= 15 is 0 Å². The molecule has 5 heteroatoms. The van der Waals surface area contributed by atoms with E-state index < -0.39 is 5.97 Å². The number of hydrogen-bond donors (Lipinski definition) is 1. The lowest BCUT2D eigenvalue weighted by Gasteiger charge is -2.10. The molecule has 82 valence electrons. The number of carboxylic acids is 1. The molecule has 0 saturated carbocycles. The molecule has 1 aromatic rings. The molecule has 1 rings (SSSR count). The van der Waals surface area contributed by atoms with Crippen molar-refractivity contribution in [1.29, 1.82) is 0 Å². The number of benzene rings is 1. The number of carboxylic acid groups (broad SMARTS) is 1. The molecule has 4 nitrogen and oxygen atoms in total. The summed E-state index contributed by atoms with van der Waals surface area (Å²) >= 11 is 5.87. The molecule has 15 heavy (non-hydrogen) atoms. The molecule has 1 N–H and O–H groups in total. The van der Waals surface area contributed by atoms with Crippen molar-refractivity contribution >= 4 is 17.6 Å². The summed E-state index contributed by atoms with van der Waals surface area (Å²) in [5.41, 5.74) is 0.766. The van der Waals surface area contributed by atoms with Crippen molar-refractivity contribution < 1.29 is 19.4 Å². The number of halogens is 1. The van der Waals surface area contributed by atoms with Crippen LogP contribution in [0.25, 0.3) is 0 Å². The molecule has 0 fully saturated rings. The normalized spacial score (nSPS) is 9.80. The molecular formula is C10H11ClO4. The zero-order chi connectivity index (χ0) is 11.4. The van der Waals surface area contributed by atoms with Crippen molar-refractivity contribution in [2.45, 2.75) is 6.92 Å². The van der Waals surface area contributed by atoms with Crippen molar-refractivity contribution in [3.63, 3.8) is 0 Å². The van der Waals surface area contributed by atoms with Gasteiger partial charge in [0.1, 0.15) is 11.5 Å². The maximum atomic E-state index is 10.3. The van der Waals surface area contributed by atoms with E-state index in [2.05, 4.69) is 0 Å². The molecule has 1 aromatic carbocycles. The Morgan fingerprint density at radius 1 is 1.47 bits per heavy atom. The Labute approximate surface area is 92.4 Å². The first kappa shape index (κ1) is 11.7. The predicted molar refractivity (Wildman–Crippen MR) is 55.9 cm³/mol. The average Bonchev–Trinajstić information content (AvgIpc) is 2.16. The topological polar surface area (TPSA) is 55.8 Å². The summed E-state index contributed by atoms with van der Waals surface area (Å²) in [5, 5.41) is 8.93. The molecule has 0 bridgehead atoms. The van der Waals surface area contributed by atoms with Gasteiger partial charge in [-0.05, 0) is 18.6 Å². The Morgan fingerprint density at radius 3 is 2.67 bits per heavy atom. The predicted octanol–water partition coefficient (Wildman–Crippen LogP) is 2.12. The number of rotatable bonds is 4. The molecule has 0 spiro atoms. The third-order valence-corrected chi connectivity index (χ3v) is 2.10. The highest BCUT2D eigenvalue weighted by molar-refractivity contribution is 6.32. The largest absolute Gasteiger partial charge is 0.495 e. The van der Waals surface area contributed by atoms with Crippen LogP contribution in [0.15, 0.2) is 12.1 Å². The van der Waals surface area contributed by atoms with E-state index in [-0.39, 0.29) is 6.61 Å². The highest BCUT2D eigenvalue weighted by Crippen LogP contribution is 2.31. The summed E-state index contributed by atoms with van der Waals surface area (Å²) in [4.78, 5) is 10.3. The summed E-state index contributed by atoms with van der Waals surface area (Å²) in [6, 6.07) is 3.23. The van der Waals surface area contributed by atoms with Gasteiger partial charge in [-0.3, -0.25) is 0 Å². The second-order valence-electron chi connectivity index (χ2n) is 2.93. The van der Waals surface area contributed by atoms with Crippen LogP contribution in [0.4, 0.5) is 0 Å². The molecule has 0 saturated heterocycles. The van der Waals surface area contributed by atoms with Crippen LogP contribution in [0.3, 0.4) is 0 Å². The van der Waals surface area contributed by atoms with Crippen LogP contribution in [-0.4, -0.2) is 24.8 Å². The standard InChI is InChI=1S/C10H11ClO4/c1-6-3-7(11)9(14-2)4-8(6)15-5-10(12)13/h3-4H,5H2,1-2H3,(H,12,13). The van der Waals surface area contributed by atoms with E-state index in [1.54, 1.807) is 19.1 Å². The summed E-state index contributed by atoms with van der Waals surface area (Å²) < 4.78 is 10.0. The van der Waals surface area contributed by atoms with Crippen molar-refractivity contribution in [3.8, 4) is 11.5 Å². The van der Waals surface area contributed by atoms with Gasteiger partial charge in [-0.2, -0.15) is 0 Å². The van der Waals surface area contributed by atoms with Gasteiger partial charge in [0.15, 0.2) is 6.61 Å². The molecule has 0 aromatic heterocycles. The van der Waals surface area contributed by atoms with Crippen LogP contribution in [0, 0.1) is 6.92 Å². The fraction of sp³-hybridized carbons (Fsp3) is 0.300. The van der Waals surface area contributed by atoms with Gasteiger partial charge in [-0.15, -0.1) is 0 Å². The van der Waals surface area contributed by atoms with Gasteiger partial charge in [0, 0.05) is 6.07 Å². The van der Waals surface area contributed by atoms with Crippen molar-refractivity contribution in [1.82, 2.24) is 0 Å². The van der Waals surface area contributed by atoms with Gasteiger partial charge in [-0.25, -0.2) is 4.79 Å². The van der Waals surface area contributed by atoms with E-state index in [1.807, 2.05) is 0 Å². The maximum Gasteiger partial charge on any atom is 0.341 e. The Hall–Kier alpha value is -1.42. The minimum Gasteiger partial charge on any atom is -0.495 e. The third kappa shape index (κ3) is 3.02. The van der Waals surface area contributed by atoms with Gasteiger partial charge >= 0.3 is 5.97 Å². The average molecular weight is 231 g/mol. The second-order valence-corrected chi connectivity index (χ2v) is 3.34. The maximum absolute atomic E-state index is 10.3. The second kappa shape index (κ2) is 4.89. The fourth-order valence-electron chi connectivity index (χ4n) is 1.09. The number of ether oxygens (including phenoxy) is 2. The molecule has 0 aliphatic rings. The minimum absolute atomic E-state index is 0.383. The van der Waals surface area contributed by atoms with E-state index in [1.165, 1.54) is 7.11 Å². The Bertz CT molecular complexity index is 376. The molecule has 0 radical (unpaired) electrons. The van der Waals surface area contributed by atoms with Gasteiger partial charge < -0.3 is 14.6 Å². The first-order valence-electron chi connectivity index (χ1n) is 4.23. The number of aliphatic carboxylic acids is 1. The monoisotopic (exact) mass is 230 g/mol. The van der Waals surface area contributed by atoms with Gasteiger partial charge in [0.05, 0.1) is 12.1 Å². The van der Waals surface area contributed by atoms with Crippen molar-refractivity contribution in [3.05, 3.63) is 22.7 Å². The summed E-state index contributed by atoms with van der Waals surface area (Å²) in [5.74, 6) is -0.107. The number of hydrogen-bond acceptors (Lipinski definition) is 3. The van der Waals surface area contributed by atoms with Crippen molar-refractivity contribution in [2.75, 3.05) is 13.7 Å². The molecular weight excluding hydrogens is 220 g/mol. The lowest BCUT2D eigenvalue weighted by Crippen LogP contribution is -2.10. The first-order valence-corrected chi connectivity index (χ1v) is 4.61. The van der Waals surface area contributed by atoms with E-state index in [0.29, 0.717) is 16.5 Å². The Morgan fingerprint density at radius 2 is 2.13 bits per heavy atom. The molecule has 0 aliphatic heterocycles. The van der Waals surface area contributed by atoms with Crippen LogP contribution in [0.2, 0.25) is 5.02 Å². The summed E-state index contributed by atoms with van der Waals surface area (Å²) in [6.45, 7) is 1.40. The van der Waals surface area contributed by atoms with E-state index in [0.717, 1.165) is 5.56 Å². The highest BCUT2D eigenvalue weighted by atomic mass is 35.5.